The molecule has 0 fully saturated rings. The second kappa shape index (κ2) is 8.61. The van der Waals surface area contributed by atoms with Crippen LogP contribution in [0.5, 0.6) is 0 Å². The van der Waals surface area contributed by atoms with Crippen molar-refractivity contribution in [2.24, 2.45) is 4.99 Å². The minimum Gasteiger partial charge on any atom is -0.384 e. The number of hydrogen-bond donors (Lipinski definition) is 1. The van der Waals surface area contributed by atoms with E-state index in [2.05, 4.69) is 25.5 Å². The number of allylic oxidation sites excluding steroid dienone is 1. The number of anilines is 1. The molecular weight excluding hydrogens is 508 g/mol. The molecule has 10 nitrogen and oxygen atoms in total. The van der Waals surface area contributed by atoms with E-state index in [1.807, 2.05) is 0 Å². The van der Waals surface area contributed by atoms with Crippen molar-refractivity contribution >= 4 is 40.3 Å². The van der Waals surface area contributed by atoms with E-state index in [0.717, 1.165) is 0 Å². The minimum absolute atomic E-state index is 0.0770. The third kappa shape index (κ3) is 3.76. The highest BCUT2D eigenvalue weighted by Crippen LogP contribution is 2.38. The number of nitrogens with zero attached hydrogens (tertiary/aromatic N) is 8. The van der Waals surface area contributed by atoms with Gasteiger partial charge in [0.25, 0.3) is 5.56 Å². The number of nitrogens with two attached hydrogens (primary N) is 1. The lowest BCUT2D eigenvalue weighted by atomic mass is 9.99. The van der Waals surface area contributed by atoms with Crippen LogP contribution in [0.4, 0.5) is 10.2 Å². The first-order valence-electron chi connectivity index (χ1n) is 10.9. The SMILES string of the molecule is Nc1ccc(C2=C(Cl)N=C([C@@H]3CCc4nc(-c5cc(Cl)ccc5-n5cnnn5)cc(=O)n43)C2)c(F)n1. The van der Waals surface area contributed by atoms with Gasteiger partial charge in [-0.15, -0.1) is 5.10 Å². The smallest absolute Gasteiger partial charge is 0.254 e. The Bertz CT molecular complexity index is 1650. The number of rotatable bonds is 4. The number of benzene rings is 1. The molecule has 13 heteroatoms. The molecule has 0 bridgehead atoms. The quantitative estimate of drug-likeness (QED) is 0.319. The molecule has 5 heterocycles. The molecule has 3 aromatic heterocycles. The normalized spacial score (nSPS) is 17.0. The maximum absolute atomic E-state index is 14.4. The van der Waals surface area contributed by atoms with Crippen molar-refractivity contribution in [3.05, 3.63) is 80.6 Å². The Morgan fingerprint density at radius 3 is 2.72 bits per heavy atom. The lowest BCUT2D eigenvalue weighted by Crippen LogP contribution is -2.28. The average molecular weight is 524 g/mol. The maximum Gasteiger partial charge on any atom is 0.254 e. The Labute approximate surface area is 212 Å². The summed E-state index contributed by atoms with van der Waals surface area (Å²) in [7, 11) is 0. The van der Waals surface area contributed by atoms with Gasteiger partial charge in [-0.3, -0.25) is 9.36 Å². The molecule has 1 aromatic carbocycles. The molecular formula is C23H16Cl2FN9O. The van der Waals surface area contributed by atoms with Crippen LogP contribution < -0.4 is 11.3 Å². The predicted octanol–water partition coefficient (Wildman–Crippen LogP) is 3.60. The van der Waals surface area contributed by atoms with E-state index in [9.17, 15) is 9.18 Å². The number of aryl methyl sites for hydroxylation is 1. The fourth-order valence-corrected chi connectivity index (χ4v) is 5.09. The van der Waals surface area contributed by atoms with Crippen LogP contribution in [-0.4, -0.2) is 40.5 Å². The lowest BCUT2D eigenvalue weighted by Gasteiger charge is -2.16. The van der Waals surface area contributed by atoms with E-state index in [1.54, 1.807) is 22.8 Å². The zero-order valence-corrected chi connectivity index (χ0v) is 19.9. The van der Waals surface area contributed by atoms with E-state index >= 15 is 0 Å². The highest BCUT2D eigenvalue weighted by atomic mass is 35.5. The molecule has 2 aliphatic rings. The first-order valence-corrected chi connectivity index (χ1v) is 11.7. The number of pyridine rings is 1. The Kier molecular flexibility index (Phi) is 5.38. The number of hydrogen-bond acceptors (Lipinski definition) is 8. The van der Waals surface area contributed by atoms with Gasteiger partial charge in [-0.25, -0.2) is 15.0 Å². The van der Waals surface area contributed by atoms with Crippen molar-refractivity contribution in [2.75, 3.05) is 5.73 Å². The van der Waals surface area contributed by atoms with Gasteiger partial charge in [0, 0.05) is 46.3 Å². The van der Waals surface area contributed by atoms with Crippen molar-refractivity contribution in [2.45, 2.75) is 25.3 Å². The van der Waals surface area contributed by atoms with Crippen molar-refractivity contribution in [3.8, 4) is 16.9 Å². The molecule has 180 valence electrons. The molecule has 6 rings (SSSR count). The highest BCUT2D eigenvalue weighted by molar-refractivity contribution is 6.35. The number of fused-ring (bicyclic) bond motifs is 1. The minimum atomic E-state index is -0.713. The Morgan fingerprint density at radius 2 is 1.94 bits per heavy atom. The monoisotopic (exact) mass is 523 g/mol. The number of aliphatic imine (C=N–C) groups is 1. The van der Waals surface area contributed by atoms with Crippen LogP contribution >= 0.6 is 23.2 Å². The molecule has 0 aliphatic carbocycles. The molecule has 2 aliphatic heterocycles. The second-order valence-electron chi connectivity index (χ2n) is 8.36. The molecule has 0 radical (unpaired) electrons. The van der Waals surface area contributed by atoms with Gasteiger partial charge >= 0.3 is 0 Å². The first-order chi connectivity index (χ1) is 17.4. The summed E-state index contributed by atoms with van der Waals surface area (Å²) in [6.07, 6.45) is 2.91. The molecule has 0 amide bonds. The summed E-state index contributed by atoms with van der Waals surface area (Å²) in [5.74, 6) is -0.0271. The van der Waals surface area contributed by atoms with Crippen LogP contribution in [0, 0.1) is 5.95 Å². The topological polar surface area (TPSA) is 130 Å². The summed E-state index contributed by atoms with van der Waals surface area (Å²) in [4.78, 5) is 26.3. The second-order valence-corrected chi connectivity index (χ2v) is 9.15. The maximum atomic E-state index is 14.4. The van der Waals surface area contributed by atoms with Crippen molar-refractivity contribution in [1.82, 2.24) is 34.7 Å². The molecule has 2 N–H and O–H groups in total. The standard InChI is InChI=1S/C23H16Cl2FN9O/c24-11-1-3-17(34-10-28-32-33-34)14(7-11)15-9-21(36)35-18(4-6-20(35)29-15)16-8-13(22(25)30-16)12-2-5-19(27)31-23(12)26/h1-3,5,7,9-10,18H,4,6,8H2,(H2,27,31)/t18-/m0/s1. The van der Waals surface area contributed by atoms with E-state index in [0.29, 0.717) is 51.9 Å². The third-order valence-electron chi connectivity index (χ3n) is 6.24. The van der Waals surface area contributed by atoms with Gasteiger partial charge in [-0.2, -0.15) is 9.07 Å². The van der Waals surface area contributed by atoms with Gasteiger partial charge in [0.2, 0.25) is 5.95 Å². The number of aromatic nitrogens is 7. The van der Waals surface area contributed by atoms with Crippen LogP contribution in [0.2, 0.25) is 5.02 Å². The zero-order chi connectivity index (χ0) is 25.0. The van der Waals surface area contributed by atoms with Gasteiger partial charge in [0.05, 0.1) is 17.4 Å². The Hall–Kier alpha value is -3.96. The Morgan fingerprint density at radius 1 is 1.08 bits per heavy atom. The Balaban J connectivity index is 1.35. The molecule has 4 aromatic rings. The van der Waals surface area contributed by atoms with Crippen LogP contribution in [0.3, 0.4) is 0 Å². The van der Waals surface area contributed by atoms with Gasteiger partial charge in [0.1, 0.15) is 23.1 Å². The molecule has 0 spiro atoms. The molecule has 0 unspecified atom stereocenters. The largest absolute Gasteiger partial charge is 0.384 e. The van der Waals surface area contributed by atoms with Crippen LogP contribution in [0.15, 0.2) is 57.7 Å². The van der Waals surface area contributed by atoms with E-state index in [4.69, 9.17) is 33.9 Å². The van der Waals surface area contributed by atoms with E-state index in [-0.39, 0.29) is 34.6 Å². The van der Waals surface area contributed by atoms with Gasteiger partial charge in [-0.1, -0.05) is 23.2 Å². The van der Waals surface area contributed by atoms with Gasteiger partial charge in [0.15, 0.2) is 0 Å². The average Bonchev–Trinajstić information content (AvgIpc) is 3.59. The fraction of sp³-hybridized carbons (Fsp3) is 0.174. The zero-order valence-electron chi connectivity index (χ0n) is 18.4. The van der Waals surface area contributed by atoms with E-state index in [1.165, 1.54) is 29.2 Å². The molecule has 36 heavy (non-hydrogen) atoms. The summed E-state index contributed by atoms with van der Waals surface area (Å²) < 4.78 is 17.5. The summed E-state index contributed by atoms with van der Waals surface area (Å²) in [6, 6.07) is 9.34. The summed E-state index contributed by atoms with van der Waals surface area (Å²) >= 11 is 12.6. The summed E-state index contributed by atoms with van der Waals surface area (Å²) in [6.45, 7) is 0. The summed E-state index contributed by atoms with van der Waals surface area (Å²) in [5.41, 5.74) is 8.45. The molecule has 0 saturated heterocycles. The number of tetrazole rings is 1. The van der Waals surface area contributed by atoms with Crippen molar-refractivity contribution in [3.63, 3.8) is 0 Å². The van der Waals surface area contributed by atoms with Crippen LogP contribution in [-0.2, 0) is 6.42 Å². The first kappa shape index (κ1) is 22.5. The summed E-state index contributed by atoms with van der Waals surface area (Å²) in [5, 5.41) is 12.0. The molecule has 1 atom stereocenters. The lowest BCUT2D eigenvalue weighted by molar-refractivity contribution is 0.581. The third-order valence-corrected chi connectivity index (χ3v) is 6.79. The van der Waals surface area contributed by atoms with Gasteiger partial charge < -0.3 is 5.73 Å². The van der Waals surface area contributed by atoms with Crippen LogP contribution in [0.25, 0.3) is 22.5 Å². The number of halogens is 3. The van der Waals surface area contributed by atoms with E-state index < -0.39 is 5.95 Å². The number of nitrogen functional groups attached to an aromatic ring is 1. The van der Waals surface area contributed by atoms with Crippen molar-refractivity contribution < 1.29 is 4.39 Å². The van der Waals surface area contributed by atoms with Crippen molar-refractivity contribution in [1.29, 1.82) is 0 Å². The predicted molar refractivity (Wildman–Crippen MR) is 132 cm³/mol. The fourth-order valence-electron chi connectivity index (χ4n) is 4.64. The molecule has 0 saturated carbocycles. The van der Waals surface area contributed by atoms with Crippen LogP contribution in [0.1, 0.15) is 30.3 Å². The van der Waals surface area contributed by atoms with Gasteiger partial charge in [-0.05, 0) is 47.2 Å². The highest BCUT2D eigenvalue weighted by Gasteiger charge is 2.33.